The predicted octanol–water partition coefficient (Wildman–Crippen LogP) is 12.4. The second-order valence-corrected chi connectivity index (χ2v) is 12.3. The van der Waals surface area contributed by atoms with Gasteiger partial charge >= 0.3 is 0 Å². The SMILES string of the molecule is CCCCCCCCCCCCCCCCCN1C=CN(c2ccccc2)C1CCCCCCCCCCC. The van der Waals surface area contributed by atoms with Crippen LogP contribution in [-0.4, -0.2) is 17.6 Å². The molecule has 0 spiro atoms. The van der Waals surface area contributed by atoms with Gasteiger partial charge in [0.25, 0.3) is 0 Å². The van der Waals surface area contributed by atoms with Crippen LogP contribution in [-0.2, 0) is 0 Å². The van der Waals surface area contributed by atoms with Crippen molar-refractivity contribution in [2.24, 2.45) is 0 Å². The van der Waals surface area contributed by atoms with Crippen molar-refractivity contribution in [3.05, 3.63) is 42.7 Å². The summed E-state index contributed by atoms with van der Waals surface area (Å²) >= 11 is 0. The fourth-order valence-corrected chi connectivity index (χ4v) is 6.21. The molecule has 1 aromatic carbocycles. The first kappa shape index (κ1) is 33.8. The van der Waals surface area contributed by atoms with Crippen LogP contribution in [0.4, 0.5) is 5.69 Å². The average Bonchev–Trinajstić information content (AvgIpc) is 3.37. The molecule has 0 N–H and O–H groups in total. The molecule has 224 valence electrons. The largest absolute Gasteiger partial charge is 0.356 e. The molecule has 0 amide bonds. The molecule has 1 aromatic rings. The Labute approximate surface area is 245 Å². The van der Waals surface area contributed by atoms with E-state index in [9.17, 15) is 0 Å². The Morgan fingerprint density at radius 3 is 1.33 bits per heavy atom. The van der Waals surface area contributed by atoms with E-state index in [0.29, 0.717) is 6.17 Å². The van der Waals surface area contributed by atoms with Crippen LogP contribution in [0.2, 0.25) is 0 Å². The third kappa shape index (κ3) is 16.4. The summed E-state index contributed by atoms with van der Waals surface area (Å²) in [5.41, 5.74) is 1.34. The minimum Gasteiger partial charge on any atom is -0.356 e. The molecule has 0 bridgehead atoms. The van der Waals surface area contributed by atoms with E-state index in [4.69, 9.17) is 0 Å². The Balaban J connectivity index is 1.54. The van der Waals surface area contributed by atoms with Gasteiger partial charge in [0.05, 0.1) is 0 Å². The molecule has 1 unspecified atom stereocenters. The zero-order valence-electron chi connectivity index (χ0n) is 26.4. The lowest BCUT2D eigenvalue weighted by Crippen LogP contribution is -2.39. The highest BCUT2D eigenvalue weighted by Gasteiger charge is 2.26. The second kappa shape index (κ2) is 24.4. The topological polar surface area (TPSA) is 6.48 Å². The van der Waals surface area contributed by atoms with Gasteiger partial charge in [0, 0.05) is 24.6 Å². The van der Waals surface area contributed by atoms with Gasteiger partial charge in [0.2, 0.25) is 0 Å². The molecule has 2 heteroatoms. The standard InChI is InChI=1S/C37H66N2/c1-3-5-7-9-11-13-14-15-16-17-18-20-22-24-29-33-38-34-35-39(36-30-26-25-27-31-36)37(38)32-28-23-21-19-12-10-8-6-4-2/h25-27,30-31,34-35,37H,3-24,28-29,32-33H2,1-2H3. The Hall–Kier alpha value is -1.44. The van der Waals surface area contributed by atoms with Crippen LogP contribution in [0.25, 0.3) is 0 Å². The molecule has 1 aliphatic rings. The van der Waals surface area contributed by atoms with Gasteiger partial charge in [-0.05, 0) is 31.4 Å². The van der Waals surface area contributed by atoms with Crippen molar-refractivity contribution in [2.75, 3.05) is 11.4 Å². The molecule has 2 nitrogen and oxygen atoms in total. The number of unbranched alkanes of at least 4 members (excludes halogenated alkanes) is 22. The monoisotopic (exact) mass is 539 g/mol. The molecule has 39 heavy (non-hydrogen) atoms. The number of anilines is 1. The maximum absolute atomic E-state index is 2.64. The molecular formula is C37H66N2. The minimum atomic E-state index is 0.503. The van der Waals surface area contributed by atoms with E-state index < -0.39 is 0 Å². The normalized spacial score (nSPS) is 15.1. The van der Waals surface area contributed by atoms with E-state index in [0.717, 1.165) is 0 Å². The van der Waals surface area contributed by atoms with Crippen LogP contribution in [0, 0.1) is 0 Å². The fourth-order valence-electron chi connectivity index (χ4n) is 6.21. The summed E-state index contributed by atoms with van der Waals surface area (Å²) in [6.07, 6.45) is 40.7. The van der Waals surface area contributed by atoms with Crippen molar-refractivity contribution in [1.82, 2.24) is 4.90 Å². The number of benzene rings is 1. The highest BCUT2D eigenvalue weighted by Crippen LogP contribution is 2.28. The summed E-state index contributed by atoms with van der Waals surface area (Å²) in [6.45, 7) is 5.82. The lowest BCUT2D eigenvalue weighted by atomic mass is 10.0. The van der Waals surface area contributed by atoms with Gasteiger partial charge in [0.1, 0.15) is 6.17 Å². The van der Waals surface area contributed by atoms with Gasteiger partial charge in [-0.25, -0.2) is 0 Å². The van der Waals surface area contributed by atoms with E-state index in [1.54, 1.807) is 0 Å². The molecule has 0 saturated carbocycles. The van der Waals surface area contributed by atoms with Gasteiger partial charge in [-0.1, -0.05) is 173 Å². The van der Waals surface area contributed by atoms with Crippen molar-refractivity contribution >= 4 is 5.69 Å². The van der Waals surface area contributed by atoms with Crippen molar-refractivity contribution in [3.63, 3.8) is 0 Å². The maximum Gasteiger partial charge on any atom is 0.105 e. The Kier molecular flexibility index (Phi) is 21.1. The predicted molar refractivity (Wildman–Crippen MR) is 175 cm³/mol. The molecule has 1 atom stereocenters. The van der Waals surface area contributed by atoms with Crippen LogP contribution in [0.1, 0.15) is 174 Å². The first-order valence-corrected chi connectivity index (χ1v) is 17.6. The third-order valence-corrected chi connectivity index (χ3v) is 8.76. The van der Waals surface area contributed by atoms with Crippen LogP contribution < -0.4 is 4.90 Å². The zero-order chi connectivity index (χ0) is 27.6. The van der Waals surface area contributed by atoms with E-state index in [2.05, 4.69) is 66.4 Å². The summed E-state index contributed by atoms with van der Waals surface area (Å²) in [5.74, 6) is 0. The molecular weight excluding hydrogens is 472 g/mol. The van der Waals surface area contributed by atoms with Gasteiger partial charge < -0.3 is 9.80 Å². The first-order chi connectivity index (χ1) is 19.4. The summed E-state index contributed by atoms with van der Waals surface area (Å²) in [7, 11) is 0. The Morgan fingerprint density at radius 2 is 0.872 bits per heavy atom. The highest BCUT2D eigenvalue weighted by molar-refractivity contribution is 5.51. The summed E-state index contributed by atoms with van der Waals surface area (Å²) in [5, 5.41) is 0. The smallest absolute Gasteiger partial charge is 0.105 e. The Morgan fingerprint density at radius 1 is 0.462 bits per heavy atom. The second-order valence-electron chi connectivity index (χ2n) is 12.3. The summed E-state index contributed by atoms with van der Waals surface area (Å²) < 4.78 is 0. The molecule has 0 fully saturated rings. The number of rotatable bonds is 27. The molecule has 0 aromatic heterocycles. The molecule has 1 aliphatic heterocycles. The van der Waals surface area contributed by atoms with Crippen molar-refractivity contribution in [1.29, 1.82) is 0 Å². The van der Waals surface area contributed by atoms with Crippen molar-refractivity contribution in [3.8, 4) is 0 Å². The van der Waals surface area contributed by atoms with E-state index in [-0.39, 0.29) is 0 Å². The van der Waals surface area contributed by atoms with Crippen molar-refractivity contribution in [2.45, 2.75) is 181 Å². The lowest BCUT2D eigenvalue weighted by Gasteiger charge is -2.33. The maximum atomic E-state index is 2.64. The molecule has 0 aliphatic carbocycles. The molecule has 2 rings (SSSR count). The zero-order valence-corrected chi connectivity index (χ0v) is 26.4. The number of hydrogen-bond acceptors (Lipinski definition) is 2. The minimum absolute atomic E-state index is 0.503. The van der Waals surface area contributed by atoms with E-state index >= 15 is 0 Å². The first-order valence-electron chi connectivity index (χ1n) is 17.6. The van der Waals surface area contributed by atoms with Crippen LogP contribution in [0.15, 0.2) is 42.7 Å². The van der Waals surface area contributed by atoms with Crippen molar-refractivity contribution < 1.29 is 0 Å². The van der Waals surface area contributed by atoms with E-state index in [1.807, 2.05) is 0 Å². The Bertz CT molecular complexity index is 669. The summed E-state index contributed by atoms with van der Waals surface area (Å²) in [6, 6.07) is 11.0. The average molecular weight is 539 g/mol. The number of para-hydroxylation sites is 1. The highest BCUT2D eigenvalue weighted by atomic mass is 15.4. The van der Waals surface area contributed by atoms with Crippen LogP contribution >= 0.6 is 0 Å². The van der Waals surface area contributed by atoms with E-state index in [1.165, 1.54) is 173 Å². The van der Waals surface area contributed by atoms with Crippen LogP contribution in [0.5, 0.6) is 0 Å². The van der Waals surface area contributed by atoms with Crippen LogP contribution in [0.3, 0.4) is 0 Å². The lowest BCUT2D eigenvalue weighted by molar-refractivity contribution is 0.273. The molecule has 1 heterocycles. The number of nitrogens with zero attached hydrogens (tertiary/aromatic N) is 2. The molecule has 0 radical (unpaired) electrons. The van der Waals surface area contributed by atoms with Gasteiger partial charge in [-0.15, -0.1) is 0 Å². The summed E-state index contributed by atoms with van der Waals surface area (Å²) in [4.78, 5) is 5.16. The molecule has 0 saturated heterocycles. The third-order valence-electron chi connectivity index (χ3n) is 8.76. The quantitative estimate of drug-likeness (QED) is 0.103. The van der Waals surface area contributed by atoms with Gasteiger partial charge in [-0.2, -0.15) is 0 Å². The fraction of sp³-hybridized carbons (Fsp3) is 0.784. The number of hydrogen-bond donors (Lipinski definition) is 0. The van der Waals surface area contributed by atoms with Gasteiger partial charge in [-0.3, -0.25) is 0 Å². The van der Waals surface area contributed by atoms with Gasteiger partial charge in [0.15, 0.2) is 0 Å².